The lowest BCUT2D eigenvalue weighted by atomic mass is 9.94. The maximum Gasteiger partial charge on any atom is 0.255 e. The van der Waals surface area contributed by atoms with Crippen molar-refractivity contribution in [3.63, 3.8) is 0 Å². The van der Waals surface area contributed by atoms with E-state index in [-0.39, 0.29) is 5.91 Å². The molecule has 3 rings (SSSR count). The summed E-state index contributed by atoms with van der Waals surface area (Å²) < 4.78 is 15.9. The minimum absolute atomic E-state index is 0.277. The van der Waals surface area contributed by atoms with E-state index in [4.69, 9.17) is 26.4 Å². The normalized spacial score (nSPS) is 15.9. The summed E-state index contributed by atoms with van der Waals surface area (Å²) in [6, 6.07) is 12.3. The molecule has 0 bridgehead atoms. The third kappa shape index (κ3) is 4.43. The Bertz CT molecular complexity index is 974. The third-order valence-corrected chi connectivity index (χ3v) is 4.82. The summed E-state index contributed by atoms with van der Waals surface area (Å²) >= 11 is 5.30. The molecule has 1 atom stereocenters. The van der Waals surface area contributed by atoms with Gasteiger partial charge >= 0.3 is 0 Å². The van der Waals surface area contributed by atoms with Crippen molar-refractivity contribution < 1.29 is 19.0 Å². The molecule has 29 heavy (non-hydrogen) atoms. The molecule has 3 N–H and O–H groups in total. The monoisotopic (exact) mass is 413 g/mol. The lowest BCUT2D eigenvalue weighted by Crippen LogP contribution is -2.45. The van der Waals surface area contributed by atoms with Crippen molar-refractivity contribution in [2.45, 2.75) is 13.0 Å². The fourth-order valence-corrected chi connectivity index (χ4v) is 3.43. The lowest BCUT2D eigenvalue weighted by molar-refractivity contribution is -0.113. The molecule has 0 aliphatic carbocycles. The average molecular weight is 413 g/mol. The number of amides is 1. The Balaban J connectivity index is 1.96. The zero-order chi connectivity index (χ0) is 21.0. The largest absolute Gasteiger partial charge is 0.497 e. The molecule has 1 aliphatic heterocycles. The van der Waals surface area contributed by atoms with Gasteiger partial charge in [0.1, 0.15) is 17.2 Å². The standard InChI is InChI=1S/C21H23N3O4S/c1-12-18(20(25)23-16-9-8-15(27-3)11-17(16)28-4)19(24-21(29)22-12)13-6-5-7-14(10-13)26-2/h5-11,19H,1-4H3,(H,23,25)(H2,22,24,29). The smallest absolute Gasteiger partial charge is 0.255 e. The van der Waals surface area contributed by atoms with Gasteiger partial charge in [-0.15, -0.1) is 0 Å². The van der Waals surface area contributed by atoms with E-state index >= 15 is 0 Å². The molecule has 1 heterocycles. The van der Waals surface area contributed by atoms with E-state index in [2.05, 4.69) is 16.0 Å². The predicted octanol–water partition coefficient (Wildman–Crippen LogP) is 3.14. The first-order chi connectivity index (χ1) is 14.0. The molecule has 0 spiro atoms. The number of methoxy groups -OCH3 is 3. The van der Waals surface area contributed by atoms with Crippen LogP contribution in [0.4, 0.5) is 5.69 Å². The molecule has 0 saturated heterocycles. The van der Waals surface area contributed by atoms with Crippen molar-refractivity contribution in [1.82, 2.24) is 10.6 Å². The van der Waals surface area contributed by atoms with Crippen molar-refractivity contribution in [2.75, 3.05) is 26.6 Å². The third-order valence-electron chi connectivity index (χ3n) is 4.60. The second-order valence-corrected chi connectivity index (χ2v) is 6.78. The SMILES string of the molecule is COc1cccc(C2NC(=S)NC(C)=C2C(=O)Nc2ccc(OC)cc2OC)c1. The molecular formula is C21H23N3O4S. The number of carbonyl (C=O) groups is 1. The Hall–Kier alpha value is -3.26. The van der Waals surface area contributed by atoms with E-state index in [1.165, 1.54) is 7.11 Å². The van der Waals surface area contributed by atoms with Crippen LogP contribution in [0.5, 0.6) is 17.2 Å². The first kappa shape index (κ1) is 20.5. The first-order valence-electron chi connectivity index (χ1n) is 8.92. The number of ether oxygens (including phenoxy) is 3. The second kappa shape index (κ2) is 8.83. The number of benzene rings is 2. The summed E-state index contributed by atoms with van der Waals surface area (Å²) in [6.07, 6.45) is 0. The van der Waals surface area contributed by atoms with Crippen LogP contribution in [0.3, 0.4) is 0 Å². The van der Waals surface area contributed by atoms with Crippen molar-refractivity contribution >= 4 is 28.9 Å². The van der Waals surface area contributed by atoms with Gasteiger partial charge in [0, 0.05) is 11.8 Å². The van der Waals surface area contributed by atoms with Crippen LogP contribution >= 0.6 is 12.2 Å². The maximum atomic E-state index is 13.2. The number of hydrogen-bond donors (Lipinski definition) is 3. The van der Waals surface area contributed by atoms with E-state index in [1.807, 2.05) is 31.2 Å². The molecule has 0 saturated carbocycles. The highest BCUT2D eigenvalue weighted by atomic mass is 32.1. The fourth-order valence-electron chi connectivity index (χ4n) is 3.16. The molecule has 0 aromatic heterocycles. The highest BCUT2D eigenvalue weighted by Crippen LogP contribution is 2.33. The Morgan fingerprint density at radius 1 is 1.03 bits per heavy atom. The number of rotatable bonds is 6. The Kier molecular flexibility index (Phi) is 6.23. The van der Waals surface area contributed by atoms with Gasteiger partial charge in [0.2, 0.25) is 0 Å². The van der Waals surface area contributed by atoms with Gasteiger partial charge < -0.3 is 30.2 Å². The molecular weight excluding hydrogens is 390 g/mol. The molecule has 1 unspecified atom stereocenters. The van der Waals surface area contributed by atoms with Gasteiger partial charge in [0.15, 0.2) is 5.11 Å². The average Bonchev–Trinajstić information content (AvgIpc) is 2.73. The van der Waals surface area contributed by atoms with Gasteiger partial charge in [-0.3, -0.25) is 4.79 Å². The van der Waals surface area contributed by atoms with Gasteiger partial charge in [-0.1, -0.05) is 12.1 Å². The summed E-state index contributed by atoms with van der Waals surface area (Å²) in [4.78, 5) is 13.2. The minimum atomic E-state index is -0.428. The zero-order valence-electron chi connectivity index (χ0n) is 16.7. The molecule has 2 aromatic rings. The molecule has 7 nitrogen and oxygen atoms in total. The van der Waals surface area contributed by atoms with Gasteiger partial charge in [-0.05, 0) is 49.0 Å². The molecule has 8 heteroatoms. The summed E-state index contributed by atoms with van der Waals surface area (Å²) in [6.45, 7) is 1.82. The summed E-state index contributed by atoms with van der Waals surface area (Å²) in [5, 5.41) is 9.58. The van der Waals surface area contributed by atoms with Gasteiger partial charge in [0.05, 0.1) is 38.6 Å². The van der Waals surface area contributed by atoms with E-state index in [1.54, 1.807) is 32.4 Å². The van der Waals surface area contributed by atoms with E-state index < -0.39 is 6.04 Å². The zero-order valence-corrected chi connectivity index (χ0v) is 17.5. The molecule has 2 aromatic carbocycles. The maximum absolute atomic E-state index is 13.2. The minimum Gasteiger partial charge on any atom is -0.497 e. The lowest BCUT2D eigenvalue weighted by Gasteiger charge is -2.30. The van der Waals surface area contributed by atoms with Gasteiger partial charge in [-0.2, -0.15) is 0 Å². The van der Waals surface area contributed by atoms with E-state index in [0.717, 1.165) is 5.56 Å². The van der Waals surface area contributed by atoms with Gasteiger partial charge in [-0.25, -0.2) is 0 Å². The Morgan fingerprint density at radius 3 is 2.45 bits per heavy atom. The fraction of sp³-hybridized carbons (Fsp3) is 0.238. The topological polar surface area (TPSA) is 80.9 Å². The molecule has 0 radical (unpaired) electrons. The van der Waals surface area contributed by atoms with Crippen LogP contribution in [0.25, 0.3) is 0 Å². The molecule has 1 amide bonds. The number of allylic oxidation sites excluding steroid dienone is 1. The number of anilines is 1. The van der Waals surface area contributed by atoms with Crippen molar-refractivity contribution in [1.29, 1.82) is 0 Å². The second-order valence-electron chi connectivity index (χ2n) is 6.37. The highest BCUT2D eigenvalue weighted by Gasteiger charge is 2.30. The van der Waals surface area contributed by atoms with Crippen molar-refractivity contribution in [3.05, 3.63) is 59.3 Å². The van der Waals surface area contributed by atoms with Crippen molar-refractivity contribution in [3.8, 4) is 17.2 Å². The predicted molar refractivity (Wildman–Crippen MR) is 115 cm³/mol. The van der Waals surface area contributed by atoms with Crippen LogP contribution in [0.2, 0.25) is 0 Å². The van der Waals surface area contributed by atoms with Crippen LogP contribution in [0.1, 0.15) is 18.5 Å². The van der Waals surface area contributed by atoms with Gasteiger partial charge in [0.25, 0.3) is 5.91 Å². The number of nitrogens with one attached hydrogen (secondary N) is 3. The quantitative estimate of drug-likeness (QED) is 0.628. The van der Waals surface area contributed by atoms with Crippen LogP contribution in [0.15, 0.2) is 53.7 Å². The van der Waals surface area contributed by atoms with Crippen LogP contribution in [-0.2, 0) is 4.79 Å². The Labute approximate surface area is 175 Å². The summed E-state index contributed by atoms with van der Waals surface area (Å²) in [7, 11) is 4.71. The Morgan fingerprint density at radius 2 is 1.76 bits per heavy atom. The highest BCUT2D eigenvalue weighted by molar-refractivity contribution is 7.80. The van der Waals surface area contributed by atoms with Crippen LogP contribution < -0.4 is 30.2 Å². The molecule has 1 aliphatic rings. The number of hydrogen-bond acceptors (Lipinski definition) is 5. The number of carbonyl (C=O) groups excluding carboxylic acids is 1. The molecule has 152 valence electrons. The van der Waals surface area contributed by atoms with Crippen LogP contribution in [-0.4, -0.2) is 32.3 Å². The summed E-state index contributed by atoms with van der Waals surface area (Å²) in [5.74, 6) is 1.56. The van der Waals surface area contributed by atoms with Crippen molar-refractivity contribution in [2.24, 2.45) is 0 Å². The van der Waals surface area contributed by atoms with E-state index in [9.17, 15) is 4.79 Å². The van der Waals surface area contributed by atoms with Crippen LogP contribution in [0, 0.1) is 0 Å². The van der Waals surface area contributed by atoms with E-state index in [0.29, 0.717) is 39.3 Å². The summed E-state index contributed by atoms with van der Waals surface area (Å²) in [5.41, 5.74) is 2.59. The first-order valence-corrected chi connectivity index (χ1v) is 9.33. The number of thiocarbonyl (C=S) groups is 1. The molecule has 0 fully saturated rings.